The van der Waals surface area contributed by atoms with Gasteiger partial charge >= 0.3 is 244 Å². The molecule has 2 unspecified atom stereocenters. The molecule has 0 amide bonds. The molecule has 0 fully saturated rings. The Balaban J connectivity index is 0.00000154. The molecule has 1 aromatic heterocycles. The number of rotatable bonds is 1. The molecular formula is C33H28Cl2S2SiZr. The molecule has 0 saturated carbocycles. The normalized spacial score (nSPS) is 20.0. The van der Waals surface area contributed by atoms with Crippen molar-refractivity contribution >= 4 is 65.2 Å². The number of hydrogen-bond acceptors (Lipinski definition) is 1. The molecule has 0 spiro atoms. The van der Waals surface area contributed by atoms with Crippen LogP contribution in [0.3, 0.4) is 0 Å². The molecule has 2 heterocycles. The molecule has 4 aromatic rings. The molecule has 0 nitrogen and oxygen atoms in total. The summed E-state index contributed by atoms with van der Waals surface area (Å²) in [6.07, 6.45) is 2.50. The molecule has 194 valence electrons. The number of fused-ring (bicyclic) bond motifs is 5. The van der Waals surface area contributed by atoms with Crippen molar-refractivity contribution in [2.75, 3.05) is 0 Å². The molecule has 3 aromatic carbocycles. The first-order valence-corrected chi connectivity index (χ1v) is 18.7. The smallest absolute Gasteiger partial charge is 1.00 e. The Morgan fingerprint density at radius 1 is 0.897 bits per heavy atom. The van der Waals surface area contributed by atoms with Crippen LogP contribution in [0, 0.1) is 12.8 Å². The van der Waals surface area contributed by atoms with Crippen LogP contribution in [0.2, 0.25) is 13.1 Å². The fraction of sp³-hybridized carbons (Fsp3) is 0.182. The fourth-order valence-corrected chi connectivity index (χ4v) is 14.5. The van der Waals surface area contributed by atoms with Crippen molar-refractivity contribution in [2.45, 2.75) is 38.8 Å². The van der Waals surface area contributed by atoms with E-state index in [0.29, 0.717) is 5.92 Å². The van der Waals surface area contributed by atoms with Crippen LogP contribution in [0.4, 0.5) is 0 Å². The minimum absolute atomic E-state index is 0. The Labute approximate surface area is 266 Å². The molecular weight excluding hydrogens is 651 g/mol. The summed E-state index contributed by atoms with van der Waals surface area (Å²) >= 11 is 3.60. The van der Waals surface area contributed by atoms with E-state index in [1.165, 1.54) is 42.8 Å². The number of benzene rings is 3. The van der Waals surface area contributed by atoms with Gasteiger partial charge in [-0.15, -0.1) is 0 Å². The third-order valence-corrected chi connectivity index (χ3v) is 15.8. The summed E-state index contributed by atoms with van der Waals surface area (Å²) < 4.78 is 3.10. The molecule has 7 rings (SSSR count). The summed E-state index contributed by atoms with van der Waals surface area (Å²) in [5.41, 5.74) is 10.2. The van der Waals surface area contributed by atoms with Gasteiger partial charge in [0, 0.05) is 0 Å². The summed E-state index contributed by atoms with van der Waals surface area (Å²) in [6, 6.07) is 24.8. The van der Waals surface area contributed by atoms with Gasteiger partial charge in [0.05, 0.1) is 0 Å². The van der Waals surface area contributed by atoms with Gasteiger partial charge in [-0.2, -0.15) is 0 Å². The molecule has 3 aliphatic rings. The van der Waals surface area contributed by atoms with Crippen LogP contribution in [0.1, 0.15) is 35.4 Å². The summed E-state index contributed by atoms with van der Waals surface area (Å²) in [5.74, 6) is 0.604. The predicted molar refractivity (Wildman–Crippen MR) is 166 cm³/mol. The van der Waals surface area contributed by atoms with Gasteiger partial charge in [-0.3, -0.25) is 0 Å². The van der Waals surface area contributed by atoms with Gasteiger partial charge in [-0.1, -0.05) is 0 Å². The van der Waals surface area contributed by atoms with Crippen molar-refractivity contribution in [1.29, 1.82) is 0 Å². The molecule has 0 saturated heterocycles. The van der Waals surface area contributed by atoms with E-state index in [4.69, 9.17) is 0 Å². The number of aryl methyl sites for hydroxylation is 1. The molecule has 2 aliphatic carbocycles. The van der Waals surface area contributed by atoms with Crippen LogP contribution in [-0.2, 0) is 24.2 Å². The largest absolute Gasteiger partial charge is 1.00 e. The number of allylic oxidation sites excluding steroid dienone is 3. The van der Waals surface area contributed by atoms with Gasteiger partial charge in [-0.25, -0.2) is 0 Å². The van der Waals surface area contributed by atoms with E-state index < -0.39 is 8.41 Å². The topological polar surface area (TPSA) is 0 Å². The van der Waals surface area contributed by atoms with E-state index in [9.17, 15) is 0 Å². The summed E-state index contributed by atoms with van der Waals surface area (Å²) in [7, 11) is -0.576. The van der Waals surface area contributed by atoms with Crippen LogP contribution in [-0.4, -0.2) is 21.6 Å². The molecule has 6 heteroatoms. The predicted octanol–water partition coefficient (Wildman–Crippen LogP) is 2.75. The number of hydrogen-bond donors (Lipinski definition) is 0. The fourth-order valence-electron chi connectivity index (χ4n) is 6.46. The third kappa shape index (κ3) is 4.20. The first-order valence-electron chi connectivity index (χ1n) is 12.9. The maximum Gasteiger partial charge on any atom is -1.00 e. The first-order chi connectivity index (χ1) is 17.9. The summed E-state index contributed by atoms with van der Waals surface area (Å²) in [4.78, 5) is 6.34. The maximum atomic E-state index is 2.50. The van der Waals surface area contributed by atoms with Crippen molar-refractivity contribution in [3.63, 3.8) is 0 Å². The molecule has 0 N–H and O–H groups in total. The second-order valence-electron chi connectivity index (χ2n) is 10.6. The zero-order valence-corrected chi connectivity index (χ0v) is 29.2. The summed E-state index contributed by atoms with van der Waals surface area (Å²) in [5, 5.41) is 3.19. The molecule has 2 atom stereocenters. The minimum Gasteiger partial charge on any atom is -1.00 e. The summed E-state index contributed by atoms with van der Waals surface area (Å²) in [6.45, 7) is 12.2. The monoisotopic (exact) mass is 676 g/mol. The Kier molecular flexibility index (Phi) is 8.14. The van der Waals surface area contributed by atoms with Crippen molar-refractivity contribution in [1.82, 2.24) is 0 Å². The van der Waals surface area contributed by atoms with Gasteiger partial charge in [-0.05, 0) is 0 Å². The number of thiophene rings is 1. The Hall–Kier alpha value is -1.26. The van der Waals surface area contributed by atoms with Crippen LogP contribution in [0.5, 0.6) is 0 Å². The minimum atomic E-state index is -0.545. The van der Waals surface area contributed by atoms with Crippen molar-refractivity contribution in [3.8, 4) is 11.1 Å². The van der Waals surface area contributed by atoms with Crippen molar-refractivity contribution < 1.29 is 49.0 Å². The molecule has 0 radical (unpaired) electrons. The van der Waals surface area contributed by atoms with E-state index in [-0.39, 0.29) is 35.3 Å². The van der Waals surface area contributed by atoms with E-state index in [0.717, 1.165) is 0 Å². The van der Waals surface area contributed by atoms with Crippen LogP contribution >= 0.6 is 21.8 Å². The van der Waals surface area contributed by atoms with E-state index >= 15 is 0 Å². The zero-order chi connectivity index (χ0) is 25.6. The second-order valence-corrected chi connectivity index (χ2v) is 17.3. The second kappa shape index (κ2) is 10.9. The standard InChI is InChI=1S/C33H28S2Si.2ClH.Zr/c1-19-11-9-16-26-28(19)30-27(18-21(3)33(30)36(4)5)35(26)32-20(2)17-24-29-23(22-12-7-6-8-13-22)14-10-15-25(29)34-31(24)32;;;/h6-17,21H,1-5H3;2*1H;/q;;;+2/p-2. The van der Waals surface area contributed by atoms with Gasteiger partial charge in [0.1, 0.15) is 0 Å². The molecule has 39 heavy (non-hydrogen) atoms. The third-order valence-electron chi connectivity index (χ3n) is 8.02. The van der Waals surface area contributed by atoms with Crippen LogP contribution in [0.25, 0.3) is 32.9 Å². The van der Waals surface area contributed by atoms with E-state index in [2.05, 4.69) is 107 Å². The van der Waals surface area contributed by atoms with Gasteiger partial charge in [0.25, 0.3) is 0 Å². The van der Waals surface area contributed by atoms with Crippen LogP contribution in [0.15, 0.2) is 82.1 Å². The molecule has 0 bridgehead atoms. The van der Waals surface area contributed by atoms with Gasteiger partial charge in [0.15, 0.2) is 0 Å². The Bertz CT molecular complexity index is 1840. The van der Waals surface area contributed by atoms with Crippen molar-refractivity contribution in [2.24, 2.45) is 5.92 Å². The molecule has 1 aliphatic heterocycles. The van der Waals surface area contributed by atoms with E-state index in [1.807, 2.05) is 11.3 Å². The Morgan fingerprint density at radius 3 is 2.33 bits per heavy atom. The van der Waals surface area contributed by atoms with Crippen LogP contribution < -0.4 is 24.8 Å². The SMILES string of the molecule is CC1=Cc2c(sc3cccc(-c4ccccc4)c23)C1=S1C2=C(C(=[Si](C)C)C(C)[C]2=[Zr+2])c2c(C)cccc21.[Cl-].[Cl-]. The zero-order valence-electron chi connectivity index (χ0n) is 22.6. The van der Waals surface area contributed by atoms with E-state index in [1.54, 1.807) is 58.4 Å². The average molecular weight is 679 g/mol. The van der Waals surface area contributed by atoms with Gasteiger partial charge < -0.3 is 24.8 Å². The average Bonchev–Trinajstić information content (AvgIpc) is 3.57. The van der Waals surface area contributed by atoms with Crippen molar-refractivity contribution in [3.05, 3.63) is 98.8 Å². The number of halogens is 2. The first kappa shape index (κ1) is 29.2. The quantitative estimate of drug-likeness (QED) is 0.215. The van der Waals surface area contributed by atoms with Gasteiger partial charge in [0.2, 0.25) is 0 Å². The maximum absolute atomic E-state index is 2.50. The Morgan fingerprint density at radius 2 is 1.62 bits per heavy atom.